The number of aryl methyl sites for hydroxylation is 1. The maximum atomic E-state index is 5.81. The molecule has 1 saturated heterocycles. The number of rotatable bonds is 2. The van der Waals surface area contributed by atoms with E-state index < -0.39 is 0 Å². The molecule has 2 aromatic heterocycles. The van der Waals surface area contributed by atoms with Gasteiger partial charge in [-0.15, -0.1) is 0 Å². The summed E-state index contributed by atoms with van der Waals surface area (Å²) in [5.41, 5.74) is 9.97. The number of fused-ring (bicyclic) bond motifs is 1. The Hall–Kier alpha value is -1.55. The van der Waals surface area contributed by atoms with E-state index in [1.165, 1.54) is 37.3 Å². The highest BCUT2D eigenvalue weighted by molar-refractivity contribution is 5.50. The van der Waals surface area contributed by atoms with Crippen LogP contribution in [0.3, 0.4) is 0 Å². The van der Waals surface area contributed by atoms with Crippen LogP contribution in [0.2, 0.25) is 0 Å². The molecule has 3 rings (SSSR count). The van der Waals surface area contributed by atoms with Crippen LogP contribution >= 0.6 is 0 Å². The summed E-state index contributed by atoms with van der Waals surface area (Å²) in [6, 6.07) is 3.89. The highest BCUT2D eigenvalue weighted by atomic mass is 15.2. The Bertz CT molecular complexity index is 538. The van der Waals surface area contributed by atoms with Gasteiger partial charge >= 0.3 is 0 Å². The lowest BCUT2D eigenvalue weighted by Crippen LogP contribution is -2.19. The molecule has 0 bridgehead atoms. The summed E-state index contributed by atoms with van der Waals surface area (Å²) in [5.74, 6) is 0. The quantitative estimate of drug-likeness (QED) is 0.856. The number of nitrogen functional groups attached to an aromatic ring is 1. The molecule has 0 aromatic carbocycles. The van der Waals surface area contributed by atoms with Crippen molar-refractivity contribution in [2.75, 3.05) is 18.8 Å². The second kappa shape index (κ2) is 4.04. The van der Waals surface area contributed by atoms with Crippen molar-refractivity contribution < 1.29 is 0 Å². The number of nitrogens with zero attached hydrogens (tertiary/aromatic N) is 3. The topological polar surface area (TPSA) is 46.6 Å². The van der Waals surface area contributed by atoms with Gasteiger partial charge < -0.3 is 10.1 Å². The minimum absolute atomic E-state index is 0.783. The highest BCUT2D eigenvalue weighted by Gasteiger charge is 2.15. The van der Waals surface area contributed by atoms with Crippen molar-refractivity contribution in [2.45, 2.75) is 26.3 Å². The lowest BCUT2D eigenvalue weighted by atomic mass is 10.3. The summed E-state index contributed by atoms with van der Waals surface area (Å²) >= 11 is 0. The number of pyridine rings is 1. The van der Waals surface area contributed by atoms with Gasteiger partial charge in [0.1, 0.15) is 5.65 Å². The third kappa shape index (κ3) is 1.89. The summed E-state index contributed by atoms with van der Waals surface area (Å²) in [6.07, 6.45) is 4.59. The minimum Gasteiger partial charge on any atom is -0.398 e. The monoisotopic (exact) mass is 230 g/mol. The van der Waals surface area contributed by atoms with Crippen LogP contribution in [0, 0.1) is 6.92 Å². The van der Waals surface area contributed by atoms with E-state index in [9.17, 15) is 0 Å². The zero-order valence-corrected chi connectivity index (χ0v) is 10.2. The largest absolute Gasteiger partial charge is 0.398 e. The second-order valence-corrected chi connectivity index (χ2v) is 4.82. The maximum Gasteiger partial charge on any atom is 0.137 e. The standard InChI is InChI=1S/C13H18N4/c1-10-12(9-16-6-2-3-7-16)15-13-5-4-11(14)8-17(10)13/h4-5,8H,2-3,6-7,9,14H2,1H3. The molecule has 0 saturated carbocycles. The molecule has 0 amide bonds. The molecular weight excluding hydrogens is 212 g/mol. The van der Waals surface area contributed by atoms with Gasteiger partial charge in [0.05, 0.1) is 5.69 Å². The molecule has 4 heteroatoms. The molecule has 4 nitrogen and oxygen atoms in total. The van der Waals surface area contributed by atoms with E-state index in [2.05, 4.69) is 21.2 Å². The van der Waals surface area contributed by atoms with E-state index in [1.807, 2.05) is 18.3 Å². The van der Waals surface area contributed by atoms with Gasteiger partial charge in [0, 0.05) is 24.1 Å². The summed E-state index contributed by atoms with van der Waals surface area (Å²) in [6.45, 7) is 5.49. The zero-order chi connectivity index (χ0) is 11.8. The maximum absolute atomic E-state index is 5.81. The highest BCUT2D eigenvalue weighted by Crippen LogP contribution is 2.18. The number of imidazole rings is 1. The van der Waals surface area contributed by atoms with Gasteiger partial charge in [-0.25, -0.2) is 4.98 Å². The molecule has 1 fully saturated rings. The zero-order valence-electron chi connectivity index (χ0n) is 10.2. The smallest absolute Gasteiger partial charge is 0.137 e. The summed E-state index contributed by atoms with van der Waals surface area (Å²) in [5, 5.41) is 0. The van der Waals surface area contributed by atoms with Crippen molar-refractivity contribution in [3.8, 4) is 0 Å². The SMILES string of the molecule is Cc1c(CN2CCCC2)nc2ccc(N)cn12. The predicted molar refractivity (Wildman–Crippen MR) is 68.9 cm³/mol. The van der Waals surface area contributed by atoms with Crippen molar-refractivity contribution in [2.24, 2.45) is 0 Å². The fourth-order valence-electron chi connectivity index (χ4n) is 2.53. The van der Waals surface area contributed by atoms with Crippen molar-refractivity contribution >= 4 is 11.3 Å². The summed E-state index contributed by atoms with van der Waals surface area (Å²) < 4.78 is 2.08. The lowest BCUT2D eigenvalue weighted by Gasteiger charge is -2.12. The fourth-order valence-corrected chi connectivity index (χ4v) is 2.53. The van der Waals surface area contributed by atoms with Gasteiger partial charge in [-0.1, -0.05) is 0 Å². The van der Waals surface area contributed by atoms with E-state index in [1.54, 1.807) is 0 Å². The Labute approximate surface area is 101 Å². The molecule has 90 valence electrons. The van der Waals surface area contributed by atoms with E-state index in [4.69, 9.17) is 5.73 Å². The molecule has 3 heterocycles. The van der Waals surface area contributed by atoms with E-state index in [-0.39, 0.29) is 0 Å². The number of nitrogens with two attached hydrogens (primary N) is 1. The van der Waals surface area contributed by atoms with Crippen LogP contribution in [0.4, 0.5) is 5.69 Å². The number of likely N-dealkylation sites (tertiary alicyclic amines) is 1. The van der Waals surface area contributed by atoms with Crippen molar-refractivity contribution in [1.82, 2.24) is 14.3 Å². The van der Waals surface area contributed by atoms with Crippen LogP contribution in [-0.2, 0) is 6.54 Å². The first-order valence-corrected chi connectivity index (χ1v) is 6.19. The van der Waals surface area contributed by atoms with Gasteiger partial charge in [-0.2, -0.15) is 0 Å². The first-order chi connectivity index (χ1) is 8.24. The Morgan fingerprint density at radius 2 is 2.06 bits per heavy atom. The van der Waals surface area contributed by atoms with Gasteiger partial charge in [0.2, 0.25) is 0 Å². The number of hydrogen-bond donors (Lipinski definition) is 1. The van der Waals surface area contributed by atoms with Crippen LogP contribution in [0.25, 0.3) is 5.65 Å². The normalized spacial score (nSPS) is 17.0. The minimum atomic E-state index is 0.783. The first-order valence-electron chi connectivity index (χ1n) is 6.19. The number of aromatic nitrogens is 2. The molecule has 0 atom stereocenters. The van der Waals surface area contributed by atoms with Crippen LogP contribution in [-0.4, -0.2) is 27.4 Å². The summed E-state index contributed by atoms with van der Waals surface area (Å²) in [7, 11) is 0. The van der Waals surface area contributed by atoms with Crippen molar-refractivity contribution in [3.05, 3.63) is 29.7 Å². The molecular formula is C13H18N4. The molecule has 2 N–H and O–H groups in total. The molecule has 0 unspecified atom stereocenters. The Balaban J connectivity index is 1.96. The number of hydrogen-bond acceptors (Lipinski definition) is 3. The van der Waals surface area contributed by atoms with Gasteiger partial charge in [0.25, 0.3) is 0 Å². The predicted octanol–water partition coefficient (Wildman–Crippen LogP) is 1.82. The second-order valence-electron chi connectivity index (χ2n) is 4.82. The third-order valence-electron chi connectivity index (χ3n) is 3.55. The van der Waals surface area contributed by atoms with Crippen LogP contribution < -0.4 is 5.73 Å². The summed E-state index contributed by atoms with van der Waals surface area (Å²) in [4.78, 5) is 7.15. The Morgan fingerprint density at radius 1 is 1.29 bits per heavy atom. The fraction of sp³-hybridized carbons (Fsp3) is 0.462. The van der Waals surface area contributed by atoms with E-state index >= 15 is 0 Å². The van der Waals surface area contributed by atoms with Crippen LogP contribution in [0.15, 0.2) is 18.3 Å². The molecule has 0 radical (unpaired) electrons. The molecule has 0 aliphatic carbocycles. The van der Waals surface area contributed by atoms with Crippen LogP contribution in [0.1, 0.15) is 24.2 Å². The molecule has 2 aromatic rings. The van der Waals surface area contributed by atoms with E-state index in [0.29, 0.717) is 0 Å². The third-order valence-corrected chi connectivity index (χ3v) is 3.55. The average Bonchev–Trinajstić information content (AvgIpc) is 2.91. The Morgan fingerprint density at radius 3 is 2.82 bits per heavy atom. The molecule has 17 heavy (non-hydrogen) atoms. The van der Waals surface area contributed by atoms with Crippen LogP contribution in [0.5, 0.6) is 0 Å². The van der Waals surface area contributed by atoms with E-state index in [0.717, 1.165) is 17.9 Å². The van der Waals surface area contributed by atoms with Crippen molar-refractivity contribution in [3.63, 3.8) is 0 Å². The lowest BCUT2D eigenvalue weighted by molar-refractivity contribution is 0.327. The van der Waals surface area contributed by atoms with Gasteiger partial charge in [0.15, 0.2) is 0 Å². The molecule has 1 aliphatic rings. The van der Waals surface area contributed by atoms with Crippen molar-refractivity contribution in [1.29, 1.82) is 0 Å². The Kier molecular flexibility index (Phi) is 2.52. The molecule has 1 aliphatic heterocycles. The average molecular weight is 230 g/mol. The first kappa shape index (κ1) is 10.6. The van der Waals surface area contributed by atoms with Gasteiger partial charge in [-0.3, -0.25) is 4.90 Å². The molecule has 0 spiro atoms. The van der Waals surface area contributed by atoms with Gasteiger partial charge in [-0.05, 0) is 45.0 Å². The number of anilines is 1.